The zero-order valence-corrected chi connectivity index (χ0v) is 12.0. The van der Waals surface area contributed by atoms with Crippen LogP contribution in [-0.2, 0) is 0 Å². The lowest BCUT2D eigenvalue weighted by molar-refractivity contribution is 0.135. The van der Waals surface area contributed by atoms with Gasteiger partial charge in [0.05, 0.1) is 18.9 Å². The molecule has 0 spiro atoms. The maximum Gasteiger partial charge on any atom is 0.142 e. The molecule has 1 aromatic rings. The van der Waals surface area contributed by atoms with E-state index in [-0.39, 0.29) is 6.10 Å². The molecule has 5 heteroatoms. The third-order valence-electron chi connectivity index (χ3n) is 3.36. The summed E-state index contributed by atoms with van der Waals surface area (Å²) in [5.74, 6) is 0.734. The van der Waals surface area contributed by atoms with Gasteiger partial charge in [-0.15, -0.1) is 0 Å². The van der Waals surface area contributed by atoms with Crippen molar-refractivity contribution < 1.29 is 9.84 Å². The van der Waals surface area contributed by atoms with E-state index < -0.39 is 0 Å². The molecule has 0 aliphatic carbocycles. The van der Waals surface area contributed by atoms with Crippen LogP contribution in [0.4, 0.5) is 5.69 Å². The highest BCUT2D eigenvalue weighted by Crippen LogP contribution is 2.27. The average Bonchev–Trinajstić information content (AvgIpc) is 2.89. The van der Waals surface area contributed by atoms with Crippen LogP contribution in [0.5, 0.6) is 5.75 Å². The predicted octanol–water partition coefficient (Wildman–Crippen LogP) is 2.22. The van der Waals surface area contributed by atoms with Crippen LogP contribution < -0.4 is 10.1 Å². The van der Waals surface area contributed by atoms with Crippen molar-refractivity contribution in [2.75, 3.05) is 38.6 Å². The molecule has 0 saturated carbocycles. The third-order valence-corrected chi connectivity index (χ3v) is 3.59. The average molecular weight is 285 g/mol. The molecule has 0 radical (unpaired) electrons. The van der Waals surface area contributed by atoms with Crippen LogP contribution in [0.25, 0.3) is 0 Å². The lowest BCUT2D eigenvalue weighted by atomic mass is 10.2. The van der Waals surface area contributed by atoms with Crippen LogP contribution in [0.15, 0.2) is 18.2 Å². The van der Waals surface area contributed by atoms with Crippen LogP contribution in [0.2, 0.25) is 5.02 Å². The highest BCUT2D eigenvalue weighted by Gasteiger charge is 2.16. The maximum atomic E-state index is 10.0. The Bertz CT molecular complexity index is 408. The second-order valence-electron chi connectivity index (χ2n) is 4.89. The number of halogens is 1. The Hall–Kier alpha value is -0.970. The van der Waals surface area contributed by atoms with Gasteiger partial charge < -0.3 is 20.1 Å². The number of likely N-dealkylation sites (tertiary alicyclic amines) is 1. The van der Waals surface area contributed by atoms with Crippen molar-refractivity contribution in [3.63, 3.8) is 0 Å². The molecular formula is C14H21ClN2O2. The van der Waals surface area contributed by atoms with E-state index in [0.717, 1.165) is 31.1 Å². The minimum atomic E-state index is -0.387. The smallest absolute Gasteiger partial charge is 0.142 e. The second-order valence-corrected chi connectivity index (χ2v) is 5.32. The summed E-state index contributed by atoms with van der Waals surface area (Å²) in [7, 11) is 1.62. The summed E-state index contributed by atoms with van der Waals surface area (Å²) in [6.07, 6.45) is 2.09. The van der Waals surface area contributed by atoms with Crippen molar-refractivity contribution in [1.82, 2.24) is 4.90 Å². The van der Waals surface area contributed by atoms with Crippen LogP contribution in [-0.4, -0.2) is 49.4 Å². The zero-order chi connectivity index (χ0) is 13.7. The second kappa shape index (κ2) is 6.98. The predicted molar refractivity (Wildman–Crippen MR) is 78.2 cm³/mol. The van der Waals surface area contributed by atoms with Crippen molar-refractivity contribution in [3.8, 4) is 5.75 Å². The lowest BCUT2D eigenvalue weighted by Crippen LogP contribution is -2.34. The number of anilines is 1. The van der Waals surface area contributed by atoms with E-state index in [4.69, 9.17) is 16.3 Å². The number of nitrogens with one attached hydrogen (secondary N) is 1. The quantitative estimate of drug-likeness (QED) is 0.841. The minimum absolute atomic E-state index is 0.387. The number of aliphatic hydroxyl groups is 1. The van der Waals surface area contributed by atoms with Crippen LogP contribution in [0.1, 0.15) is 12.8 Å². The van der Waals surface area contributed by atoms with Crippen molar-refractivity contribution >= 4 is 17.3 Å². The standard InChI is InChI=1S/C14H21ClN2O2/c1-19-14-5-4-11(15)8-13(14)16-9-12(18)10-17-6-2-3-7-17/h4-5,8,12,16,18H,2-3,6-7,9-10H2,1H3. The van der Waals surface area contributed by atoms with E-state index in [0.29, 0.717) is 11.6 Å². The van der Waals surface area contributed by atoms with E-state index in [1.807, 2.05) is 12.1 Å². The van der Waals surface area contributed by atoms with Gasteiger partial charge in [-0.2, -0.15) is 0 Å². The van der Waals surface area contributed by atoms with E-state index in [2.05, 4.69) is 10.2 Å². The molecule has 0 bridgehead atoms. The molecule has 2 rings (SSSR count). The SMILES string of the molecule is COc1ccc(Cl)cc1NCC(O)CN1CCCC1. The molecule has 2 N–H and O–H groups in total. The highest BCUT2D eigenvalue weighted by molar-refractivity contribution is 6.30. The summed E-state index contributed by atoms with van der Waals surface area (Å²) in [5.41, 5.74) is 0.815. The van der Waals surface area contributed by atoms with Gasteiger partial charge in [0.1, 0.15) is 5.75 Å². The Kier molecular flexibility index (Phi) is 5.31. The molecule has 0 amide bonds. The first-order chi connectivity index (χ1) is 9.19. The third kappa shape index (κ3) is 4.27. The fraction of sp³-hybridized carbons (Fsp3) is 0.571. The molecule has 1 saturated heterocycles. The van der Waals surface area contributed by atoms with Crippen LogP contribution >= 0.6 is 11.6 Å². The van der Waals surface area contributed by atoms with Crippen LogP contribution in [0, 0.1) is 0 Å². The van der Waals surface area contributed by atoms with Gasteiger partial charge in [0.2, 0.25) is 0 Å². The minimum Gasteiger partial charge on any atom is -0.495 e. The van der Waals surface area contributed by atoms with Gasteiger partial charge in [-0.3, -0.25) is 0 Å². The summed E-state index contributed by atoms with van der Waals surface area (Å²) in [6, 6.07) is 5.41. The normalized spacial score (nSPS) is 17.4. The highest BCUT2D eigenvalue weighted by atomic mass is 35.5. The first kappa shape index (κ1) is 14.4. The van der Waals surface area contributed by atoms with E-state index in [9.17, 15) is 5.11 Å². The molecule has 0 aromatic heterocycles. The molecule has 19 heavy (non-hydrogen) atoms. The van der Waals surface area contributed by atoms with E-state index in [1.165, 1.54) is 12.8 Å². The number of hydrogen-bond donors (Lipinski definition) is 2. The molecule has 1 aliphatic heterocycles. The zero-order valence-electron chi connectivity index (χ0n) is 11.2. The molecule has 1 unspecified atom stereocenters. The van der Waals surface area contributed by atoms with Gasteiger partial charge in [0, 0.05) is 18.1 Å². The summed E-state index contributed by atoms with van der Waals surface area (Å²) in [5, 5.41) is 13.9. The fourth-order valence-corrected chi connectivity index (χ4v) is 2.55. The van der Waals surface area contributed by atoms with E-state index in [1.54, 1.807) is 13.2 Å². The van der Waals surface area contributed by atoms with Gasteiger partial charge in [0.15, 0.2) is 0 Å². The number of methoxy groups -OCH3 is 1. The Morgan fingerprint density at radius 1 is 1.42 bits per heavy atom. The summed E-state index contributed by atoms with van der Waals surface area (Å²) >= 11 is 5.96. The molecule has 1 fully saturated rings. The summed E-state index contributed by atoms with van der Waals surface area (Å²) in [6.45, 7) is 3.40. The van der Waals surface area contributed by atoms with Gasteiger partial charge >= 0.3 is 0 Å². The lowest BCUT2D eigenvalue weighted by Gasteiger charge is -2.20. The van der Waals surface area contributed by atoms with Crippen molar-refractivity contribution in [2.24, 2.45) is 0 Å². The van der Waals surface area contributed by atoms with Gasteiger partial charge in [-0.1, -0.05) is 11.6 Å². The van der Waals surface area contributed by atoms with Crippen molar-refractivity contribution in [1.29, 1.82) is 0 Å². The van der Waals surface area contributed by atoms with Crippen molar-refractivity contribution in [3.05, 3.63) is 23.2 Å². The van der Waals surface area contributed by atoms with Gasteiger partial charge in [-0.25, -0.2) is 0 Å². The van der Waals surface area contributed by atoms with E-state index >= 15 is 0 Å². The van der Waals surface area contributed by atoms with Gasteiger partial charge in [0.25, 0.3) is 0 Å². The number of nitrogens with zero attached hydrogens (tertiary/aromatic N) is 1. The Balaban J connectivity index is 1.85. The fourth-order valence-electron chi connectivity index (χ4n) is 2.37. The number of rotatable bonds is 6. The molecular weight excluding hydrogens is 264 g/mol. The molecule has 1 aromatic carbocycles. The Morgan fingerprint density at radius 2 is 2.16 bits per heavy atom. The topological polar surface area (TPSA) is 44.7 Å². The first-order valence-corrected chi connectivity index (χ1v) is 7.04. The largest absolute Gasteiger partial charge is 0.495 e. The Morgan fingerprint density at radius 3 is 2.84 bits per heavy atom. The van der Waals surface area contributed by atoms with Gasteiger partial charge in [-0.05, 0) is 44.1 Å². The Labute approximate surface area is 119 Å². The maximum absolute atomic E-state index is 10.0. The number of ether oxygens (including phenoxy) is 1. The molecule has 1 aliphatic rings. The monoisotopic (exact) mass is 284 g/mol. The number of β-amino-alcohol motifs (C(OH)–C–C–N with tert-alkyl or cyclic N) is 1. The van der Waals surface area contributed by atoms with Crippen LogP contribution in [0.3, 0.4) is 0 Å². The number of hydrogen-bond acceptors (Lipinski definition) is 4. The molecule has 4 nitrogen and oxygen atoms in total. The molecule has 106 valence electrons. The molecule has 1 heterocycles. The van der Waals surface area contributed by atoms with Crippen molar-refractivity contribution in [2.45, 2.75) is 18.9 Å². The first-order valence-electron chi connectivity index (χ1n) is 6.67. The summed E-state index contributed by atoms with van der Waals surface area (Å²) < 4.78 is 5.25. The number of benzene rings is 1. The number of aliphatic hydroxyl groups excluding tert-OH is 1. The molecule has 1 atom stereocenters. The summed E-state index contributed by atoms with van der Waals surface area (Å²) in [4.78, 5) is 2.29.